The molecule has 28 heavy (non-hydrogen) atoms. The van der Waals surface area contributed by atoms with Crippen LogP contribution in [0.3, 0.4) is 0 Å². The molecule has 1 aliphatic rings. The number of hydrogen-bond donors (Lipinski definition) is 1. The molecule has 0 bridgehead atoms. The van der Waals surface area contributed by atoms with E-state index in [1.165, 1.54) is 6.42 Å². The van der Waals surface area contributed by atoms with Crippen LogP contribution in [0.2, 0.25) is 5.02 Å². The number of piperidine rings is 1. The summed E-state index contributed by atoms with van der Waals surface area (Å²) in [5.74, 6) is -0.202. The zero-order chi connectivity index (χ0) is 19.7. The molecule has 7 heteroatoms. The largest absolute Gasteiger partial charge is 0.370 e. The molecule has 146 valence electrons. The van der Waals surface area contributed by atoms with Crippen molar-refractivity contribution in [2.75, 3.05) is 23.3 Å². The molecule has 1 fully saturated rings. The monoisotopic (exact) mass is 397 g/mol. The van der Waals surface area contributed by atoms with Gasteiger partial charge >= 0.3 is 0 Å². The van der Waals surface area contributed by atoms with Gasteiger partial charge in [-0.3, -0.25) is 4.79 Å². The molecule has 0 radical (unpaired) electrons. The number of rotatable bonds is 4. The highest BCUT2D eigenvalue weighted by atomic mass is 35.5. The van der Waals surface area contributed by atoms with Gasteiger partial charge in [0.1, 0.15) is 0 Å². The Bertz CT molecular complexity index is 1010. The van der Waals surface area contributed by atoms with Gasteiger partial charge in [-0.25, -0.2) is 9.67 Å². The summed E-state index contributed by atoms with van der Waals surface area (Å²) in [6, 6.07) is 7.70. The van der Waals surface area contributed by atoms with Crippen molar-refractivity contribution in [2.45, 2.75) is 39.2 Å². The summed E-state index contributed by atoms with van der Waals surface area (Å²) >= 11 is 6.20. The molecule has 6 nitrogen and oxygen atoms in total. The van der Waals surface area contributed by atoms with E-state index in [2.05, 4.69) is 34.1 Å². The molecule has 3 aromatic rings. The van der Waals surface area contributed by atoms with Crippen molar-refractivity contribution in [1.82, 2.24) is 14.8 Å². The van der Waals surface area contributed by atoms with Gasteiger partial charge in [0.2, 0.25) is 0 Å². The normalized spacial score (nSPS) is 14.6. The first-order valence-corrected chi connectivity index (χ1v) is 10.1. The lowest BCUT2D eigenvalue weighted by Crippen LogP contribution is -2.30. The maximum atomic E-state index is 12.9. The summed E-state index contributed by atoms with van der Waals surface area (Å²) < 4.78 is 1.85. The van der Waals surface area contributed by atoms with E-state index >= 15 is 0 Å². The third kappa shape index (κ3) is 3.69. The van der Waals surface area contributed by atoms with Crippen molar-refractivity contribution < 1.29 is 4.79 Å². The lowest BCUT2D eigenvalue weighted by molar-refractivity contribution is 0.102. The van der Waals surface area contributed by atoms with Crippen LogP contribution in [0, 0.1) is 0 Å². The van der Waals surface area contributed by atoms with Crippen LogP contribution in [0.5, 0.6) is 0 Å². The van der Waals surface area contributed by atoms with Crippen molar-refractivity contribution in [3.63, 3.8) is 0 Å². The summed E-state index contributed by atoms with van der Waals surface area (Å²) in [6.45, 7) is 6.09. The predicted molar refractivity (Wildman–Crippen MR) is 113 cm³/mol. The Morgan fingerprint density at radius 1 is 1.14 bits per heavy atom. The molecular formula is C21H24ClN5O. The van der Waals surface area contributed by atoms with Crippen LogP contribution in [0.15, 0.2) is 36.7 Å². The number of pyridine rings is 1. The summed E-state index contributed by atoms with van der Waals surface area (Å²) in [5, 5.41) is 8.84. The number of nitrogens with one attached hydrogen (secondary N) is 1. The summed E-state index contributed by atoms with van der Waals surface area (Å²) in [5.41, 5.74) is 3.03. The highest BCUT2D eigenvalue weighted by molar-refractivity contribution is 6.31. The number of anilines is 2. The fourth-order valence-corrected chi connectivity index (χ4v) is 3.83. The second-order valence-corrected chi connectivity index (χ2v) is 7.92. The molecule has 4 rings (SSSR count). The smallest absolute Gasteiger partial charge is 0.257 e. The second-order valence-electron chi connectivity index (χ2n) is 7.48. The van der Waals surface area contributed by atoms with E-state index in [-0.39, 0.29) is 11.9 Å². The van der Waals surface area contributed by atoms with Crippen molar-refractivity contribution in [3.05, 3.63) is 47.2 Å². The summed E-state index contributed by atoms with van der Waals surface area (Å²) in [7, 11) is 0. The summed E-state index contributed by atoms with van der Waals surface area (Å²) in [4.78, 5) is 19.7. The van der Waals surface area contributed by atoms with E-state index in [0.717, 1.165) is 48.3 Å². The van der Waals surface area contributed by atoms with Crippen molar-refractivity contribution in [2.24, 2.45) is 0 Å². The summed E-state index contributed by atoms with van der Waals surface area (Å²) in [6.07, 6.45) is 6.93. The Balaban J connectivity index is 1.61. The van der Waals surface area contributed by atoms with Crippen molar-refractivity contribution in [3.8, 4) is 0 Å². The topological polar surface area (TPSA) is 63.1 Å². The van der Waals surface area contributed by atoms with Gasteiger partial charge in [-0.15, -0.1) is 0 Å². The highest BCUT2D eigenvalue weighted by Crippen LogP contribution is 2.31. The Morgan fingerprint density at radius 3 is 2.68 bits per heavy atom. The fourth-order valence-electron chi connectivity index (χ4n) is 3.66. The van der Waals surface area contributed by atoms with Crippen molar-refractivity contribution in [1.29, 1.82) is 0 Å². The number of nitrogens with zero attached hydrogens (tertiary/aromatic N) is 4. The van der Waals surface area contributed by atoms with Gasteiger partial charge in [-0.1, -0.05) is 11.6 Å². The number of fused-ring (bicyclic) bond motifs is 1. The number of halogens is 1. The third-order valence-electron chi connectivity index (χ3n) is 5.09. The molecule has 1 aromatic carbocycles. The molecule has 1 N–H and O–H groups in total. The first-order chi connectivity index (χ1) is 13.5. The van der Waals surface area contributed by atoms with Crippen molar-refractivity contribution >= 4 is 39.9 Å². The molecule has 0 unspecified atom stereocenters. The first kappa shape index (κ1) is 18.7. The van der Waals surface area contributed by atoms with E-state index in [1.807, 2.05) is 28.9 Å². The van der Waals surface area contributed by atoms with Crippen LogP contribution in [-0.2, 0) is 0 Å². The van der Waals surface area contributed by atoms with E-state index in [9.17, 15) is 4.79 Å². The lowest BCUT2D eigenvalue weighted by atomic mass is 10.1. The number of benzene rings is 1. The molecule has 0 saturated carbocycles. The van der Waals surface area contributed by atoms with Crippen LogP contribution < -0.4 is 10.2 Å². The Labute approximate surface area is 169 Å². The fraction of sp³-hybridized carbons (Fsp3) is 0.381. The zero-order valence-electron chi connectivity index (χ0n) is 16.2. The molecule has 0 aliphatic carbocycles. The first-order valence-electron chi connectivity index (χ1n) is 9.72. The van der Waals surface area contributed by atoms with Gasteiger partial charge < -0.3 is 10.2 Å². The van der Waals surface area contributed by atoms with Gasteiger partial charge in [-0.05, 0) is 57.4 Å². The van der Waals surface area contributed by atoms with Crippen LogP contribution in [-0.4, -0.2) is 33.8 Å². The van der Waals surface area contributed by atoms with Gasteiger partial charge in [-0.2, -0.15) is 5.10 Å². The Kier molecular flexibility index (Phi) is 5.22. The zero-order valence-corrected chi connectivity index (χ0v) is 16.9. The molecular weight excluding hydrogens is 374 g/mol. The van der Waals surface area contributed by atoms with E-state index < -0.39 is 0 Å². The molecule has 1 saturated heterocycles. The van der Waals surface area contributed by atoms with Gasteiger partial charge in [0.25, 0.3) is 5.91 Å². The molecule has 1 amide bonds. The number of aromatic nitrogens is 3. The Morgan fingerprint density at radius 2 is 1.93 bits per heavy atom. The number of carbonyl (C=O) groups is 1. The minimum Gasteiger partial charge on any atom is -0.370 e. The molecule has 0 spiro atoms. The molecule has 1 aliphatic heterocycles. The third-order valence-corrected chi connectivity index (χ3v) is 5.32. The number of hydrogen-bond acceptors (Lipinski definition) is 4. The van der Waals surface area contributed by atoms with Crippen LogP contribution in [0.25, 0.3) is 11.0 Å². The average molecular weight is 398 g/mol. The Hall–Kier alpha value is -2.60. The van der Waals surface area contributed by atoms with Gasteiger partial charge in [0.15, 0.2) is 5.65 Å². The predicted octanol–water partition coefficient (Wildman–Crippen LogP) is 4.91. The SMILES string of the molecule is CC(C)n1ncc2cc(C(=O)Nc3cc(Cl)ccc3N3CCCCC3)cnc21. The number of carbonyl (C=O) groups excluding carboxylic acids is 1. The minimum absolute atomic E-state index is 0.202. The number of amides is 1. The quantitative estimate of drug-likeness (QED) is 0.679. The average Bonchev–Trinajstić information content (AvgIpc) is 3.12. The van der Waals surface area contributed by atoms with Gasteiger partial charge in [0, 0.05) is 35.7 Å². The van der Waals surface area contributed by atoms with Crippen LogP contribution >= 0.6 is 11.6 Å². The molecule has 0 atom stereocenters. The molecule has 3 heterocycles. The van der Waals surface area contributed by atoms with E-state index in [1.54, 1.807) is 12.4 Å². The maximum Gasteiger partial charge on any atom is 0.257 e. The van der Waals surface area contributed by atoms with E-state index in [4.69, 9.17) is 11.6 Å². The van der Waals surface area contributed by atoms with Crippen LogP contribution in [0.4, 0.5) is 11.4 Å². The maximum absolute atomic E-state index is 12.9. The highest BCUT2D eigenvalue weighted by Gasteiger charge is 2.18. The van der Waals surface area contributed by atoms with Crippen LogP contribution in [0.1, 0.15) is 49.5 Å². The van der Waals surface area contributed by atoms with E-state index in [0.29, 0.717) is 10.6 Å². The minimum atomic E-state index is -0.202. The van der Waals surface area contributed by atoms with Gasteiger partial charge in [0.05, 0.1) is 23.1 Å². The standard InChI is InChI=1S/C21H24ClN5O/c1-14(2)27-20-15(13-24-27)10-16(12-23-20)21(28)25-18-11-17(22)6-7-19(18)26-8-4-3-5-9-26/h6-7,10-14H,3-5,8-9H2,1-2H3,(H,25,28). The lowest BCUT2D eigenvalue weighted by Gasteiger charge is -2.30. The molecule has 2 aromatic heterocycles. The second kappa shape index (κ2) is 7.80.